The van der Waals surface area contributed by atoms with Crippen LogP contribution in [0.15, 0.2) is 29.2 Å². The minimum Gasteiger partial charge on any atom is -0.396 e. The average Bonchev–Trinajstić information content (AvgIpc) is 2.50. The summed E-state index contributed by atoms with van der Waals surface area (Å²) in [5.74, 6) is 2.40. The molecule has 0 unspecified atom stereocenters. The lowest BCUT2D eigenvalue weighted by Gasteiger charge is -2.23. The highest BCUT2D eigenvalue weighted by atomic mass is 33.1. The number of carbonyl (C=O) groups excluding carboxylic acids is 1. The highest BCUT2D eigenvalue weighted by Gasteiger charge is 2.21. The van der Waals surface area contributed by atoms with Crippen molar-refractivity contribution in [2.24, 2.45) is 0 Å². The Hall–Kier alpha value is -1.09. The van der Waals surface area contributed by atoms with Gasteiger partial charge in [0.05, 0.1) is 6.54 Å². The van der Waals surface area contributed by atoms with Crippen LogP contribution in [0.25, 0.3) is 0 Å². The van der Waals surface area contributed by atoms with E-state index >= 15 is 0 Å². The predicted molar refractivity (Wildman–Crippen MR) is 95.8 cm³/mol. The molecule has 1 rings (SSSR count). The molecule has 22 heavy (non-hydrogen) atoms. The molecule has 0 spiro atoms. The summed E-state index contributed by atoms with van der Waals surface area (Å²) in [6, 6.07) is 8.10. The van der Waals surface area contributed by atoms with Gasteiger partial charge in [0, 0.05) is 22.7 Å². The number of hydrogen-bond acceptors (Lipinski definition) is 4. The molecule has 2 N–H and O–H groups in total. The second-order valence-electron chi connectivity index (χ2n) is 5.49. The number of rotatable bonds is 9. The van der Waals surface area contributed by atoms with Crippen LogP contribution >= 0.6 is 21.6 Å². The molecule has 0 aliphatic rings. The third-order valence-electron chi connectivity index (χ3n) is 3.05. The van der Waals surface area contributed by atoms with E-state index in [1.54, 1.807) is 21.6 Å². The van der Waals surface area contributed by atoms with Crippen LogP contribution in [-0.2, 0) is 11.2 Å². The van der Waals surface area contributed by atoms with Gasteiger partial charge in [0.1, 0.15) is 0 Å². The Kier molecular flexibility index (Phi) is 8.47. The Balaban J connectivity index is 2.48. The Morgan fingerprint density at radius 1 is 1.41 bits per heavy atom. The first-order valence-corrected chi connectivity index (χ1v) is 9.38. The molecule has 0 heterocycles. The third-order valence-corrected chi connectivity index (χ3v) is 6.51. The fourth-order valence-corrected chi connectivity index (χ4v) is 4.36. The summed E-state index contributed by atoms with van der Waals surface area (Å²) in [7, 11) is 3.46. The van der Waals surface area contributed by atoms with Gasteiger partial charge < -0.3 is 10.4 Å². The summed E-state index contributed by atoms with van der Waals surface area (Å²) in [5.41, 5.74) is 1.16. The van der Waals surface area contributed by atoms with Crippen molar-refractivity contribution in [2.45, 2.75) is 42.8 Å². The number of aliphatic hydroxyl groups excluding tert-OH is 1. The maximum absolute atomic E-state index is 11.6. The molecule has 0 aromatic heterocycles. The quantitative estimate of drug-likeness (QED) is 0.536. The number of hydrogen-bond donors (Lipinski definition) is 2. The number of amides is 1. The van der Waals surface area contributed by atoms with Crippen molar-refractivity contribution in [1.29, 1.82) is 0 Å². The average molecular weight is 338 g/mol. The lowest BCUT2D eigenvalue weighted by atomic mass is 10.1. The van der Waals surface area contributed by atoms with Gasteiger partial charge in [-0.2, -0.15) is 0 Å². The lowest BCUT2D eigenvalue weighted by Crippen LogP contribution is -2.26. The van der Waals surface area contributed by atoms with Crippen LogP contribution in [0.4, 0.5) is 0 Å². The first kappa shape index (κ1) is 19.0. The van der Waals surface area contributed by atoms with E-state index in [9.17, 15) is 4.79 Å². The van der Waals surface area contributed by atoms with Gasteiger partial charge in [0.2, 0.25) is 5.91 Å². The number of nitrogens with one attached hydrogen (secondary N) is 1. The minimum atomic E-state index is -0.0233. The summed E-state index contributed by atoms with van der Waals surface area (Å²) in [6.07, 6.45) is 7.04. The van der Waals surface area contributed by atoms with Crippen LogP contribution in [0.5, 0.6) is 0 Å². The molecular weight excluding hydrogens is 314 g/mol. The van der Waals surface area contributed by atoms with Gasteiger partial charge >= 0.3 is 0 Å². The highest BCUT2D eigenvalue weighted by Crippen LogP contribution is 2.44. The summed E-state index contributed by atoms with van der Waals surface area (Å²) < 4.78 is -0.0233. The summed E-state index contributed by atoms with van der Waals surface area (Å²) in [4.78, 5) is 12.8. The second kappa shape index (κ2) is 9.83. The molecule has 0 aliphatic heterocycles. The van der Waals surface area contributed by atoms with Gasteiger partial charge in [-0.1, -0.05) is 45.7 Å². The molecule has 120 valence electrons. The number of benzene rings is 1. The molecule has 0 fully saturated rings. The SMILES string of the molecule is C#CCNC(=O)CCC(C)(C)SSc1ccccc1CCO. The van der Waals surface area contributed by atoms with Gasteiger partial charge in [-0.15, -0.1) is 6.42 Å². The van der Waals surface area contributed by atoms with Crippen LogP contribution in [0.3, 0.4) is 0 Å². The molecule has 5 heteroatoms. The minimum absolute atomic E-state index is 0.00249. The van der Waals surface area contributed by atoms with E-state index in [0.717, 1.165) is 12.0 Å². The Bertz CT molecular complexity index is 524. The van der Waals surface area contributed by atoms with Gasteiger partial charge in [-0.3, -0.25) is 4.79 Å². The molecule has 1 amide bonds. The zero-order valence-electron chi connectivity index (χ0n) is 13.1. The van der Waals surface area contributed by atoms with E-state index in [0.29, 0.717) is 12.8 Å². The van der Waals surface area contributed by atoms with E-state index in [2.05, 4.69) is 31.2 Å². The summed E-state index contributed by atoms with van der Waals surface area (Å²) in [5, 5.41) is 11.8. The van der Waals surface area contributed by atoms with Gasteiger partial charge in [0.15, 0.2) is 0 Å². The molecule has 3 nitrogen and oxygen atoms in total. The van der Waals surface area contributed by atoms with Gasteiger partial charge in [-0.05, 0) is 38.3 Å². The molecular formula is C17H23NO2S2. The summed E-state index contributed by atoms with van der Waals surface area (Å²) in [6.45, 7) is 4.71. The van der Waals surface area contributed by atoms with Crippen LogP contribution in [0.2, 0.25) is 0 Å². The van der Waals surface area contributed by atoms with Crippen molar-refractivity contribution in [3.63, 3.8) is 0 Å². The topological polar surface area (TPSA) is 49.3 Å². The largest absolute Gasteiger partial charge is 0.396 e. The van der Waals surface area contributed by atoms with Crippen molar-refractivity contribution in [2.75, 3.05) is 13.2 Å². The van der Waals surface area contributed by atoms with E-state index < -0.39 is 0 Å². The molecule has 0 bridgehead atoms. The molecule has 0 saturated heterocycles. The second-order valence-corrected chi connectivity index (χ2v) is 8.37. The molecule has 0 atom stereocenters. The zero-order chi connectivity index (χ0) is 16.4. The fraction of sp³-hybridized carbons (Fsp3) is 0.471. The molecule has 0 saturated carbocycles. The lowest BCUT2D eigenvalue weighted by molar-refractivity contribution is -0.121. The van der Waals surface area contributed by atoms with E-state index in [4.69, 9.17) is 11.5 Å². The highest BCUT2D eigenvalue weighted by molar-refractivity contribution is 8.77. The molecule has 1 aromatic rings. The fourth-order valence-electron chi connectivity index (χ4n) is 1.76. The van der Waals surface area contributed by atoms with Crippen LogP contribution in [0, 0.1) is 12.3 Å². The Labute approximate surface area is 141 Å². The van der Waals surface area contributed by atoms with E-state index in [-0.39, 0.29) is 23.8 Å². The molecule has 0 aliphatic carbocycles. The van der Waals surface area contributed by atoms with Crippen LogP contribution in [-0.4, -0.2) is 28.9 Å². The van der Waals surface area contributed by atoms with Crippen LogP contribution in [0.1, 0.15) is 32.3 Å². The number of carbonyl (C=O) groups is 1. The molecule has 0 radical (unpaired) electrons. The predicted octanol–water partition coefficient (Wildman–Crippen LogP) is 3.27. The number of aliphatic hydroxyl groups is 1. The summed E-state index contributed by atoms with van der Waals surface area (Å²) >= 11 is 0. The van der Waals surface area contributed by atoms with Crippen molar-refractivity contribution in [3.05, 3.63) is 29.8 Å². The standard InChI is InChI=1S/C17H23NO2S2/c1-4-12-18-16(20)9-11-17(2,3)22-21-15-8-6-5-7-14(15)10-13-19/h1,5-8,19H,9-13H2,2-3H3,(H,18,20). The maximum Gasteiger partial charge on any atom is 0.220 e. The Morgan fingerprint density at radius 2 is 2.14 bits per heavy atom. The van der Waals surface area contributed by atoms with E-state index in [1.807, 2.05) is 18.2 Å². The first-order valence-electron chi connectivity index (χ1n) is 7.23. The monoisotopic (exact) mass is 337 g/mol. The van der Waals surface area contributed by atoms with Crippen LogP contribution < -0.4 is 5.32 Å². The van der Waals surface area contributed by atoms with Crippen molar-refractivity contribution >= 4 is 27.5 Å². The number of terminal acetylenes is 1. The van der Waals surface area contributed by atoms with Crippen molar-refractivity contribution in [1.82, 2.24) is 5.32 Å². The smallest absolute Gasteiger partial charge is 0.220 e. The maximum atomic E-state index is 11.6. The normalized spacial score (nSPS) is 11.0. The van der Waals surface area contributed by atoms with Gasteiger partial charge in [-0.25, -0.2) is 0 Å². The van der Waals surface area contributed by atoms with Crippen molar-refractivity contribution in [3.8, 4) is 12.3 Å². The zero-order valence-corrected chi connectivity index (χ0v) is 14.7. The first-order chi connectivity index (χ1) is 10.5. The van der Waals surface area contributed by atoms with E-state index in [1.165, 1.54) is 4.90 Å². The van der Waals surface area contributed by atoms with Crippen molar-refractivity contribution < 1.29 is 9.90 Å². The van der Waals surface area contributed by atoms with Gasteiger partial charge in [0.25, 0.3) is 0 Å². The third kappa shape index (κ3) is 7.26. The Morgan fingerprint density at radius 3 is 2.82 bits per heavy atom. The molecule has 1 aromatic carbocycles.